The Morgan fingerprint density at radius 2 is 1.83 bits per heavy atom. The number of esters is 1. The molecule has 0 aliphatic carbocycles. The molecular formula is C18H14ClNO3. The average molecular weight is 328 g/mol. The van der Waals surface area contributed by atoms with Crippen LogP contribution < -0.4 is 0 Å². The number of hydrogen-bond donors (Lipinski definition) is 0. The van der Waals surface area contributed by atoms with Crippen LogP contribution >= 0.6 is 11.6 Å². The maximum absolute atomic E-state index is 11.9. The molecule has 0 N–H and O–H groups in total. The molecule has 3 rings (SSSR count). The number of aryl methyl sites for hydroxylation is 1. The molecular weight excluding hydrogens is 314 g/mol. The van der Waals surface area contributed by atoms with Gasteiger partial charge in [-0.3, -0.25) is 0 Å². The summed E-state index contributed by atoms with van der Waals surface area (Å²) in [5.74, 6) is 0.212. The van der Waals surface area contributed by atoms with Gasteiger partial charge in [0.1, 0.15) is 12.3 Å². The molecule has 5 heteroatoms. The van der Waals surface area contributed by atoms with Gasteiger partial charge in [-0.1, -0.05) is 34.5 Å². The number of hydrogen-bond acceptors (Lipinski definition) is 4. The lowest BCUT2D eigenvalue weighted by molar-refractivity contribution is 0.0464. The molecule has 4 nitrogen and oxygen atoms in total. The number of carbonyl (C=O) groups excluding carboxylic acids is 1. The molecule has 0 aliphatic rings. The zero-order chi connectivity index (χ0) is 16.2. The summed E-state index contributed by atoms with van der Waals surface area (Å²) in [7, 11) is 0. The van der Waals surface area contributed by atoms with E-state index in [2.05, 4.69) is 5.16 Å². The smallest absolute Gasteiger partial charge is 0.338 e. The minimum absolute atomic E-state index is 0.0593. The van der Waals surface area contributed by atoms with Gasteiger partial charge in [0.05, 0.1) is 5.56 Å². The van der Waals surface area contributed by atoms with Crippen molar-refractivity contribution < 1.29 is 14.1 Å². The molecule has 0 radical (unpaired) electrons. The highest BCUT2D eigenvalue weighted by Gasteiger charge is 2.11. The Morgan fingerprint density at radius 1 is 1.13 bits per heavy atom. The van der Waals surface area contributed by atoms with Crippen molar-refractivity contribution in [2.45, 2.75) is 13.5 Å². The molecule has 0 spiro atoms. The van der Waals surface area contributed by atoms with Crippen molar-refractivity contribution in [3.05, 3.63) is 76.4 Å². The van der Waals surface area contributed by atoms with Crippen molar-refractivity contribution in [3.63, 3.8) is 0 Å². The fourth-order valence-electron chi connectivity index (χ4n) is 2.04. The zero-order valence-corrected chi connectivity index (χ0v) is 13.2. The van der Waals surface area contributed by atoms with Crippen molar-refractivity contribution in [3.8, 4) is 11.3 Å². The Morgan fingerprint density at radius 3 is 2.52 bits per heavy atom. The SMILES string of the molecule is Cc1ccc(C(=O)OCc2cc(-c3ccc(Cl)cc3)on2)cc1. The lowest BCUT2D eigenvalue weighted by atomic mass is 10.1. The summed E-state index contributed by atoms with van der Waals surface area (Å²) in [5, 5.41) is 4.56. The van der Waals surface area contributed by atoms with Crippen LogP contribution in [0.3, 0.4) is 0 Å². The molecule has 0 saturated carbocycles. The van der Waals surface area contributed by atoms with Crippen LogP contribution in [0.5, 0.6) is 0 Å². The van der Waals surface area contributed by atoms with Gasteiger partial charge < -0.3 is 9.26 Å². The van der Waals surface area contributed by atoms with E-state index < -0.39 is 0 Å². The normalized spacial score (nSPS) is 10.5. The van der Waals surface area contributed by atoms with Crippen molar-refractivity contribution >= 4 is 17.6 Å². The lowest BCUT2D eigenvalue weighted by Gasteiger charge is -2.02. The topological polar surface area (TPSA) is 52.3 Å². The summed E-state index contributed by atoms with van der Waals surface area (Å²) in [4.78, 5) is 11.9. The highest BCUT2D eigenvalue weighted by atomic mass is 35.5. The number of aromatic nitrogens is 1. The highest BCUT2D eigenvalue weighted by Crippen LogP contribution is 2.22. The van der Waals surface area contributed by atoms with Gasteiger partial charge in [0.2, 0.25) is 0 Å². The molecule has 1 heterocycles. The standard InChI is InChI=1S/C18H14ClNO3/c1-12-2-4-14(5-3-12)18(21)22-11-16-10-17(23-20-16)13-6-8-15(19)9-7-13/h2-10H,11H2,1H3. The number of nitrogens with zero attached hydrogens (tertiary/aromatic N) is 1. The molecule has 0 saturated heterocycles. The van der Waals surface area contributed by atoms with Crippen LogP contribution in [-0.2, 0) is 11.3 Å². The molecule has 23 heavy (non-hydrogen) atoms. The maximum atomic E-state index is 11.9. The highest BCUT2D eigenvalue weighted by molar-refractivity contribution is 6.30. The summed E-state index contributed by atoms with van der Waals surface area (Å²) >= 11 is 5.85. The van der Waals surface area contributed by atoms with Gasteiger partial charge in [-0.2, -0.15) is 0 Å². The van der Waals surface area contributed by atoms with E-state index in [1.54, 1.807) is 30.3 Å². The van der Waals surface area contributed by atoms with Gasteiger partial charge in [0.15, 0.2) is 5.76 Å². The van der Waals surface area contributed by atoms with E-state index >= 15 is 0 Å². The molecule has 0 amide bonds. The fraction of sp³-hybridized carbons (Fsp3) is 0.111. The van der Waals surface area contributed by atoms with Crippen molar-refractivity contribution in [2.75, 3.05) is 0 Å². The van der Waals surface area contributed by atoms with Gasteiger partial charge in [0, 0.05) is 16.7 Å². The Bertz CT molecular complexity index is 807. The Kier molecular flexibility index (Phi) is 4.44. The van der Waals surface area contributed by atoms with Crippen LogP contribution in [0.1, 0.15) is 21.6 Å². The van der Waals surface area contributed by atoms with E-state index in [0.29, 0.717) is 22.0 Å². The van der Waals surface area contributed by atoms with Crippen LogP contribution in [-0.4, -0.2) is 11.1 Å². The third kappa shape index (κ3) is 3.79. The molecule has 0 fully saturated rings. The summed E-state index contributed by atoms with van der Waals surface area (Å²) in [6.07, 6.45) is 0. The third-order valence-electron chi connectivity index (χ3n) is 3.33. The predicted molar refractivity (Wildman–Crippen MR) is 87.2 cm³/mol. The first-order valence-electron chi connectivity index (χ1n) is 7.07. The molecule has 0 atom stereocenters. The molecule has 2 aromatic carbocycles. The lowest BCUT2D eigenvalue weighted by Crippen LogP contribution is -2.05. The molecule has 0 unspecified atom stereocenters. The maximum Gasteiger partial charge on any atom is 0.338 e. The van der Waals surface area contributed by atoms with Crippen LogP contribution in [0.2, 0.25) is 5.02 Å². The number of ether oxygens (including phenoxy) is 1. The minimum atomic E-state index is -0.388. The second-order valence-corrected chi connectivity index (χ2v) is 5.57. The second kappa shape index (κ2) is 6.67. The van der Waals surface area contributed by atoms with Crippen molar-refractivity contribution in [1.82, 2.24) is 5.16 Å². The predicted octanol–water partition coefficient (Wildman–Crippen LogP) is 4.66. The summed E-state index contributed by atoms with van der Waals surface area (Å²) in [5.41, 5.74) is 3.01. The third-order valence-corrected chi connectivity index (χ3v) is 3.58. The number of benzene rings is 2. The van der Waals surface area contributed by atoms with E-state index in [9.17, 15) is 4.79 Å². The van der Waals surface area contributed by atoms with Crippen molar-refractivity contribution in [1.29, 1.82) is 0 Å². The van der Waals surface area contributed by atoms with E-state index in [1.165, 1.54) is 0 Å². The number of carbonyl (C=O) groups is 1. The monoisotopic (exact) mass is 327 g/mol. The molecule has 3 aromatic rings. The van der Waals surface area contributed by atoms with Crippen LogP contribution in [0.4, 0.5) is 0 Å². The van der Waals surface area contributed by atoms with E-state index in [4.69, 9.17) is 20.9 Å². The molecule has 116 valence electrons. The zero-order valence-electron chi connectivity index (χ0n) is 12.5. The van der Waals surface area contributed by atoms with Gasteiger partial charge in [-0.05, 0) is 43.3 Å². The molecule has 0 bridgehead atoms. The first-order chi connectivity index (χ1) is 11.1. The van der Waals surface area contributed by atoms with Crippen molar-refractivity contribution in [2.24, 2.45) is 0 Å². The quantitative estimate of drug-likeness (QED) is 0.654. The first kappa shape index (κ1) is 15.3. The average Bonchev–Trinajstić information content (AvgIpc) is 3.03. The largest absolute Gasteiger partial charge is 0.455 e. The van der Waals surface area contributed by atoms with Crippen LogP contribution in [0.15, 0.2) is 59.1 Å². The number of rotatable bonds is 4. The van der Waals surface area contributed by atoms with Gasteiger partial charge >= 0.3 is 5.97 Å². The minimum Gasteiger partial charge on any atom is -0.455 e. The summed E-state index contributed by atoms with van der Waals surface area (Å²) < 4.78 is 10.5. The van der Waals surface area contributed by atoms with E-state index in [0.717, 1.165) is 11.1 Å². The number of halogens is 1. The Hall–Kier alpha value is -2.59. The Labute approximate surface area is 138 Å². The Balaban J connectivity index is 1.64. The first-order valence-corrected chi connectivity index (χ1v) is 7.45. The second-order valence-electron chi connectivity index (χ2n) is 5.13. The summed E-state index contributed by atoms with van der Waals surface area (Å²) in [6.45, 7) is 2.02. The van der Waals surface area contributed by atoms with Gasteiger partial charge in [-0.15, -0.1) is 0 Å². The van der Waals surface area contributed by atoms with Crippen LogP contribution in [0.25, 0.3) is 11.3 Å². The molecule has 1 aromatic heterocycles. The van der Waals surface area contributed by atoms with Gasteiger partial charge in [-0.25, -0.2) is 4.79 Å². The van der Waals surface area contributed by atoms with E-state index in [1.807, 2.05) is 31.2 Å². The molecule has 0 aliphatic heterocycles. The van der Waals surface area contributed by atoms with E-state index in [-0.39, 0.29) is 12.6 Å². The van der Waals surface area contributed by atoms with Crippen LogP contribution in [0, 0.1) is 6.92 Å². The summed E-state index contributed by atoms with van der Waals surface area (Å²) in [6, 6.07) is 16.2. The fourth-order valence-corrected chi connectivity index (χ4v) is 2.17. The van der Waals surface area contributed by atoms with Gasteiger partial charge in [0.25, 0.3) is 0 Å².